The molecule has 0 saturated carbocycles. The molecule has 1 saturated heterocycles. The first-order valence-electron chi connectivity index (χ1n) is 11.4. The van der Waals surface area contributed by atoms with E-state index in [9.17, 15) is 13.2 Å². The molecule has 1 fully saturated rings. The van der Waals surface area contributed by atoms with E-state index in [4.69, 9.17) is 9.47 Å². The molecule has 1 amide bonds. The molecule has 7 nitrogen and oxygen atoms in total. The molecule has 2 aromatic rings. The molecule has 2 aromatic carbocycles. The first-order valence-corrected chi connectivity index (χ1v) is 13.0. The molecule has 8 heteroatoms. The summed E-state index contributed by atoms with van der Waals surface area (Å²) in [6.45, 7) is 2.58. The number of hydrogen-bond acceptors (Lipinski definition) is 5. The Kier molecular flexibility index (Phi) is 8.74. The summed E-state index contributed by atoms with van der Waals surface area (Å²) in [5.74, 6) is 0.915. The minimum Gasteiger partial charge on any atom is -0.497 e. The van der Waals surface area contributed by atoms with Crippen molar-refractivity contribution in [3.05, 3.63) is 59.7 Å². The first kappa shape index (κ1) is 25.1. The molecule has 0 radical (unpaired) electrons. The van der Waals surface area contributed by atoms with E-state index in [0.717, 1.165) is 17.5 Å². The van der Waals surface area contributed by atoms with Crippen LogP contribution in [0, 0.1) is 5.92 Å². The van der Waals surface area contributed by atoms with Gasteiger partial charge in [-0.15, -0.1) is 0 Å². The van der Waals surface area contributed by atoms with Gasteiger partial charge in [-0.05, 0) is 56.4 Å². The molecule has 33 heavy (non-hydrogen) atoms. The summed E-state index contributed by atoms with van der Waals surface area (Å²) >= 11 is 0. The van der Waals surface area contributed by atoms with E-state index in [2.05, 4.69) is 5.32 Å². The number of hydrogen-bond donors (Lipinski definition) is 1. The van der Waals surface area contributed by atoms with Crippen molar-refractivity contribution < 1.29 is 22.7 Å². The number of nitrogens with one attached hydrogen (secondary N) is 1. The minimum atomic E-state index is -3.40. The van der Waals surface area contributed by atoms with Crippen LogP contribution in [0.4, 0.5) is 0 Å². The van der Waals surface area contributed by atoms with Crippen LogP contribution in [0.15, 0.2) is 48.5 Å². The largest absolute Gasteiger partial charge is 0.497 e. The molecule has 0 bridgehead atoms. The Morgan fingerprint density at radius 1 is 1.15 bits per heavy atom. The molecule has 180 valence electrons. The zero-order chi connectivity index (χ0) is 23.8. The molecular formula is C25H34N2O5S. The van der Waals surface area contributed by atoms with Crippen LogP contribution in [0.25, 0.3) is 0 Å². The molecule has 1 aliphatic rings. The van der Waals surface area contributed by atoms with E-state index in [1.54, 1.807) is 26.4 Å². The summed E-state index contributed by atoms with van der Waals surface area (Å²) < 4.78 is 38.0. The zero-order valence-electron chi connectivity index (χ0n) is 19.6. The monoisotopic (exact) mass is 474 g/mol. The van der Waals surface area contributed by atoms with Crippen molar-refractivity contribution >= 4 is 15.9 Å². The molecular weight excluding hydrogens is 440 g/mol. The van der Waals surface area contributed by atoms with Gasteiger partial charge in [0, 0.05) is 18.7 Å². The number of aryl methyl sites for hydroxylation is 1. The maximum absolute atomic E-state index is 13.0. The van der Waals surface area contributed by atoms with Gasteiger partial charge in [0.25, 0.3) is 0 Å². The van der Waals surface area contributed by atoms with Gasteiger partial charge < -0.3 is 14.8 Å². The van der Waals surface area contributed by atoms with E-state index in [0.29, 0.717) is 37.3 Å². The van der Waals surface area contributed by atoms with Crippen LogP contribution >= 0.6 is 0 Å². The maximum Gasteiger partial charge on any atom is 0.224 e. The molecule has 3 rings (SSSR count). The fraction of sp³-hybridized carbons (Fsp3) is 0.480. The predicted molar refractivity (Wildman–Crippen MR) is 129 cm³/mol. The number of methoxy groups -OCH3 is 2. The maximum atomic E-state index is 13.0. The van der Waals surface area contributed by atoms with Crippen molar-refractivity contribution in [2.75, 3.05) is 33.1 Å². The van der Waals surface area contributed by atoms with Crippen LogP contribution in [0.5, 0.6) is 11.5 Å². The summed E-state index contributed by atoms with van der Waals surface area (Å²) in [7, 11) is -0.230. The smallest absolute Gasteiger partial charge is 0.224 e. The Morgan fingerprint density at radius 3 is 2.61 bits per heavy atom. The van der Waals surface area contributed by atoms with Crippen LogP contribution in [0.3, 0.4) is 0 Å². The van der Waals surface area contributed by atoms with Gasteiger partial charge in [0.1, 0.15) is 11.5 Å². The van der Waals surface area contributed by atoms with Crippen molar-refractivity contribution in [3.8, 4) is 11.5 Å². The van der Waals surface area contributed by atoms with Crippen molar-refractivity contribution in [2.24, 2.45) is 5.92 Å². The van der Waals surface area contributed by atoms with E-state index in [1.165, 1.54) is 4.31 Å². The Morgan fingerprint density at radius 2 is 1.91 bits per heavy atom. The third kappa shape index (κ3) is 6.71. The molecule has 0 spiro atoms. The number of rotatable bonds is 10. The summed E-state index contributed by atoms with van der Waals surface area (Å²) in [5, 5.41) is 3.03. The number of benzene rings is 2. The highest BCUT2D eigenvalue weighted by Gasteiger charge is 2.32. The number of piperidine rings is 1. The average molecular weight is 475 g/mol. The zero-order valence-corrected chi connectivity index (χ0v) is 20.4. The highest BCUT2D eigenvalue weighted by molar-refractivity contribution is 7.89. The van der Waals surface area contributed by atoms with Gasteiger partial charge in [-0.1, -0.05) is 30.3 Å². The lowest BCUT2D eigenvalue weighted by Crippen LogP contribution is -2.46. The number of carbonyl (C=O) groups excluding carboxylic acids is 1. The second-order valence-corrected chi connectivity index (χ2v) is 10.5. The highest BCUT2D eigenvalue weighted by Crippen LogP contribution is 2.30. The number of amides is 1. The van der Waals surface area contributed by atoms with Crippen molar-refractivity contribution in [2.45, 2.75) is 38.6 Å². The first-order chi connectivity index (χ1) is 15.8. The lowest BCUT2D eigenvalue weighted by atomic mass is 9.97. The Bertz CT molecular complexity index is 1030. The number of nitrogens with zero attached hydrogens (tertiary/aromatic N) is 1. The van der Waals surface area contributed by atoms with E-state index < -0.39 is 10.0 Å². The Hall–Kier alpha value is -2.58. The predicted octanol–water partition coefficient (Wildman–Crippen LogP) is 3.56. The summed E-state index contributed by atoms with van der Waals surface area (Å²) in [4.78, 5) is 13.0. The second kappa shape index (κ2) is 11.5. The van der Waals surface area contributed by atoms with Crippen LogP contribution in [-0.4, -0.2) is 51.7 Å². The van der Waals surface area contributed by atoms with Crippen LogP contribution in [0.1, 0.15) is 43.4 Å². The van der Waals surface area contributed by atoms with Crippen molar-refractivity contribution in [3.63, 3.8) is 0 Å². The second-order valence-electron chi connectivity index (χ2n) is 8.44. The number of carbonyl (C=O) groups is 1. The summed E-state index contributed by atoms with van der Waals surface area (Å²) in [6, 6.07) is 15.0. The van der Waals surface area contributed by atoms with E-state index >= 15 is 0 Å². The van der Waals surface area contributed by atoms with E-state index in [1.807, 2.05) is 43.3 Å². The third-order valence-electron chi connectivity index (χ3n) is 6.12. The van der Waals surface area contributed by atoms with Gasteiger partial charge in [0.15, 0.2) is 0 Å². The Balaban J connectivity index is 1.58. The van der Waals surface area contributed by atoms with Crippen LogP contribution < -0.4 is 14.8 Å². The fourth-order valence-corrected chi connectivity index (χ4v) is 5.81. The Labute approximate surface area is 197 Å². The number of sulfonamides is 1. The molecule has 2 atom stereocenters. The lowest BCUT2D eigenvalue weighted by molar-refractivity contribution is -0.126. The molecule has 1 N–H and O–H groups in total. The topological polar surface area (TPSA) is 84.9 Å². The lowest BCUT2D eigenvalue weighted by Gasteiger charge is -2.32. The quantitative estimate of drug-likeness (QED) is 0.569. The van der Waals surface area contributed by atoms with Gasteiger partial charge in [0.05, 0.1) is 31.9 Å². The van der Waals surface area contributed by atoms with Gasteiger partial charge >= 0.3 is 0 Å². The van der Waals surface area contributed by atoms with Crippen LogP contribution in [-0.2, 0) is 21.2 Å². The van der Waals surface area contributed by atoms with Crippen LogP contribution in [0.2, 0.25) is 0 Å². The van der Waals surface area contributed by atoms with Gasteiger partial charge in [-0.3, -0.25) is 4.79 Å². The average Bonchev–Trinajstić information content (AvgIpc) is 2.84. The van der Waals surface area contributed by atoms with Gasteiger partial charge in [-0.25, -0.2) is 12.7 Å². The minimum absolute atomic E-state index is 0.0909. The van der Waals surface area contributed by atoms with Gasteiger partial charge in [0.2, 0.25) is 15.9 Å². The SMILES string of the molecule is COc1ccc(OC)c(C(C)NC(=O)C2CCCN(S(=O)(=O)CCCc3ccccc3)C2)c1. The van der Waals surface area contributed by atoms with E-state index in [-0.39, 0.29) is 30.2 Å². The normalized spacial score (nSPS) is 17.8. The van der Waals surface area contributed by atoms with Crippen molar-refractivity contribution in [1.82, 2.24) is 9.62 Å². The molecule has 2 unspecified atom stereocenters. The third-order valence-corrected chi connectivity index (χ3v) is 8.04. The van der Waals surface area contributed by atoms with Crippen molar-refractivity contribution in [1.29, 1.82) is 0 Å². The molecule has 1 heterocycles. The van der Waals surface area contributed by atoms with Gasteiger partial charge in [-0.2, -0.15) is 0 Å². The molecule has 0 aliphatic carbocycles. The number of ether oxygens (including phenoxy) is 2. The summed E-state index contributed by atoms with van der Waals surface area (Å²) in [5.41, 5.74) is 1.94. The fourth-order valence-electron chi connectivity index (χ4n) is 4.23. The molecule has 1 aliphatic heterocycles. The molecule has 0 aromatic heterocycles. The summed E-state index contributed by atoms with van der Waals surface area (Å²) in [6.07, 6.45) is 2.63. The highest BCUT2D eigenvalue weighted by atomic mass is 32.2. The standard InChI is InChI=1S/C25H34N2O5S/c1-19(23-17-22(31-2)13-14-24(23)32-3)26-25(28)21-12-7-15-27(18-21)33(29,30)16-8-11-20-9-5-4-6-10-20/h4-6,9-10,13-14,17,19,21H,7-8,11-12,15-16,18H2,1-3H3,(H,26,28).